The van der Waals surface area contributed by atoms with E-state index in [0.717, 1.165) is 29.9 Å². The molecule has 1 aliphatic rings. The van der Waals surface area contributed by atoms with Gasteiger partial charge in [0.2, 0.25) is 0 Å². The summed E-state index contributed by atoms with van der Waals surface area (Å²) in [6, 6.07) is 3.97. The lowest BCUT2D eigenvalue weighted by molar-refractivity contribution is -0.0188. The van der Waals surface area contributed by atoms with Crippen molar-refractivity contribution in [2.75, 3.05) is 13.7 Å². The Kier molecular flexibility index (Phi) is 3.93. The Balaban J connectivity index is 2.35. The fraction of sp³-hybridized carbons (Fsp3) is 0.600. The van der Waals surface area contributed by atoms with E-state index in [0.29, 0.717) is 5.92 Å². The van der Waals surface area contributed by atoms with E-state index in [1.807, 2.05) is 26.0 Å². The maximum Gasteiger partial charge on any atom is 0.127 e. The summed E-state index contributed by atoms with van der Waals surface area (Å²) in [7, 11) is 1.65. The molecule has 1 fully saturated rings. The van der Waals surface area contributed by atoms with Crippen LogP contribution in [-0.4, -0.2) is 24.9 Å². The summed E-state index contributed by atoms with van der Waals surface area (Å²) in [6.07, 6.45) is 0.271. The van der Waals surface area contributed by atoms with Gasteiger partial charge in [0.05, 0.1) is 13.2 Å². The average Bonchev–Trinajstić information content (AvgIpc) is 2.78. The van der Waals surface area contributed by atoms with Gasteiger partial charge in [-0.25, -0.2) is 0 Å². The second-order valence-corrected chi connectivity index (χ2v) is 5.18. The number of aryl methyl sites for hydroxylation is 1. The predicted molar refractivity (Wildman–Crippen MR) is 70.9 cm³/mol. The number of methoxy groups -OCH3 is 1. The van der Waals surface area contributed by atoms with Gasteiger partial charge in [-0.2, -0.15) is 0 Å². The monoisotopic (exact) mass is 250 g/mol. The van der Waals surface area contributed by atoms with Gasteiger partial charge in [-0.15, -0.1) is 0 Å². The standard InChI is InChI=1S/C15H22O3/c1-9-5-6-12(15(17-4)11(9)3)13(16)14-10(2)7-8-18-14/h5-6,10,13-14,16H,7-8H2,1-4H3. The zero-order chi connectivity index (χ0) is 13.3. The lowest BCUT2D eigenvalue weighted by Gasteiger charge is -2.24. The first-order valence-electron chi connectivity index (χ1n) is 6.50. The number of hydrogen-bond acceptors (Lipinski definition) is 3. The predicted octanol–water partition coefficient (Wildman–Crippen LogP) is 2.77. The number of benzene rings is 1. The van der Waals surface area contributed by atoms with Gasteiger partial charge < -0.3 is 14.6 Å². The van der Waals surface area contributed by atoms with Crippen molar-refractivity contribution >= 4 is 0 Å². The lowest BCUT2D eigenvalue weighted by atomic mass is 9.92. The van der Waals surface area contributed by atoms with Crippen LogP contribution in [0.25, 0.3) is 0 Å². The van der Waals surface area contributed by atoms with Crippen LogP contribution in [0.5, 0.6) is 5.75 Å². The molecule has 100 valence electrons. The molecule has 0 radical (unpaired) electrons. The molecule has 1 aromatic carbocycles. The summed E-state index contributed by atoms with van der Waals surface area (Å²) in [4.78, 5) is 0. The van der Waals surface area contributed by atoms with Crippen LogP contribution in [0.4, 0.5) is 0 Å². The van der Waals surface area contributed by atoms with Gasteiger partial charge in [-0.1, -0.05) is 19.1 Å². The van der Waals surface area contributed by atoms with E-state index >= 15 is 0 Å². The van der Waals surface area contributed by atoms with E-state index < -0.39 is 6.10 Å². The van der Waals surface area contributed by atoms with E-state index in [4.69, 9.17) is 9.47 Å². The highest BCUT2D eigenvalue weighted by atomic mass is 16.5. The van der Waals surface area contributed by atoms with E-state index in [-0.39, 0.29) is 6.10 Å². The van der Waals surface area contributed by atoms with Crippen molar-refractivity contribution < 1.29 is 14.6 Å². The third-order valence-electron chi connectivity index (χ3n) is 3.99. The van der Waals surface area contributed by atoms with Gasteiger partial charge in [-0.3, -0.25) is 0 Å². The van der Waals surface area contributed by atoms with Crippen LogP contribution >= 0.6 is 0 Å². The van der Waals surface area contributed by atoms with Crippen molar-refractivity contribution in [2.45, 2.75) is 39.4 Å². The van der Waals surface area contributed by atoms with Crippen LogP contribution in [0.2, 0.25) is 0 Å². The molecule has 0 aromatic heterocycles. The van der Waals surface area contributed by atoms with E-state index in [9.17, 15) is 5.11 Å². The molecule has 0 bridgehead atoms. The molecular formula is C15H22O3. The average molecular weight is 250 g/mol. The van der Waals surface area contributed by atoms with E-state index in [1.165, 1.54) is 5.56 Å². The molecular weight excluding hydrogens is 228 g/mol. The molecule has 3 unspecified atom stereocenters. The molecule has 0 aliphatic carbocycles. The molecule has 0 saturated carbocycles. The Morgan fingerprint density at radius 3 is 2.67 bits per heavy atom. The third-order valence-corrected chi connectivity index (χ3v) is 3.99. The Hall–Kier alpha value is -1.06. The molecule has 1 aromatic rings. The topological polar surface area (TPSA) is 38.7 Å². The van der Waals surface area contributed by atoms with Gasteiger partial charge in [0, 0.05) is 12.2 Å². The summed E-state index contributed by atoms with van der Waals surface area (Å²) in [6.45, 7) is 6.91. The zero-order valence-electron chi connectivity index (χ0n) is 11.6. The molecule has 0 spiro atoms. The third kappa shape index (κ3) is 2.25. The van der Waals surface area contributed by atoms with Crippen molar-refractivity contribution in [3.8, 4) is 5.75 Å². The van der Waals surface area contributed by atoms with Crippen LogP contribution in [0.1, 0.15) is 36.1 Å². The summed E-state index contributed by atoms with van der Waals surface area (Å²) < 4.78 is 11.1. The number of hydrogen-bond donors (Lipinski definition) is 1. The van der Waals surface area contributed by atoms with E-state index in [2.05, 4.69) is 6.92 Å². The first-order valence-corrected chi connectivity index (χ1v) is 6.50. The lowest BCUT2D eigenvalue weighted by Crippen LogP contribution is -2.23. The summed E-state index contributed by atoms with van der Waals surface area (Å²) in [5, 5.41) is 10.5. The van der Waals surface area contributed by atoms with Gasteiger partial charge in [0.25, 0.3) is 0 Å². The summed E-state index contributed by atoms with van der Waals surface area (Å²) in [5.41, 5.74) is 3.09. The smallest absolute Gasteiger partial charge is 0.127 e. The fourth-order valence-electron chi connectivity index (χ4n) is 2.61. The molecule has 3 nitrogen and oxygen atoms in total. The molecule has 18 heavy (non-hydrogen) atoms. The van der Waals surface area contributed by atoms with Crippen molar-refractivity contribution in [1.29, 1.82) is 0 Å². The quantitative estimate of drug-likeness (QED) is 0.896. The fourth-order valence-corrected chi connectivity index (χ4v) is 2.61. The molecule has 3 heteroatoms. The molecule has 1 N–H and O–H groups in total. The molecule has 0 amide bonds. The minimum absolute atomic E-state index is 0.124. The van der Waals surface area contributed by atoms with Crippen molar-refractivity contribution in [1.82, 2.24) is 0 Å². The summed E-state index contributed by atoms with van der Waals surface area (Å²) >= 11 is 0. The zero-order valence-corrected chi connectivity index (χ0v) is 11.6. The minimum Gasteiger partial charge on any atom is -0.496 e. The second-order valence-electron chi connectivity index (χ2n) is 5.18. The van der Waals surface area contributed by atoms with E-state index in [1.54, 1.807) is 7.11 Å². The second kappa shape index (κ2) is 5.29. The molecule has 2 rings (SSSR count). The van der Waals surface area contributed by atoms with Gasteiger partial charge >= 0.3 is 0 Å². The molecule has 1 heterocycles. The number of rotatable bonds is 3. The number of ether oxygens (including phenoxy) is 2. The molecule has 3 atom stereocenters. The minimum atomic E-state index is -0.614. The van der Waals surface area contributed by atoms with Crippen LogP contribution in [0.3, 0.4) is 0 Å². The summed E-state index contributed by atoms with van der Waals surface area (Å²) in [5.74, 6) is 1.16. The van der Waals surface area contributed by atoms with Gasteiger partial charge in [-0.05, 0) is 37.3 Å². The SMILES string of the molecule is COc1c(C(O)C2OCCC2C)ccc(C)c1C. The Bertz CT molecular complexity index is 428. The number of aliphatic hydroxyl groups excluding tert-OH is 1. The normalized spacial score (nSPS) is 25.2. The Morgan fingerprint density at radius 2 is 2.11 bits per heavy atom. The Morgan fingerprint density at radius 1 is 1.39 bits per heavy atom. The van der Waals surface area contributed by atoms with Crippen molar-refractivity contribution in [3.63, 3.8) is 0 Å². The number of aliphatic hydroxyl groups is 1. The van der Waals surface area contributed by atoms with Crippen LogP contribution in [0.15, 0.2) is 12.1 Å². The highest BCUT2D eigenvalue weighted by Crippen LogP contribution is 2.37. The van der Waals surface area contributed by atoms with Crippen molar-refractivity contribution in [2.24, 2.45) is 5.92 Å². The van der Waals surface area contributed by atoms with Gasteiger partial charge in [0.15, 0.2) is 0 Å². The highest BCUT2D eigenvalue weighted by Gasteiger charge is 2.33. The molecule has 1 saturated heterocycles. The largest absolute Gasteiger partial charge is 0.496 e. The van der Waals surface area contributed by atoms with Crippen LogP contribution in [0, 0.1) is 19.8 Å². The maximum absolute atomic E-state index is 10.5. The highest BCUT2D eigenvalue weighted by molar-refractivity contribution is 5.46. The first kappa shape index (κ1) is 13.4. The van der Waals surface area contributed by atoms with Gasteiger partial charge in [0.1, 0.15) is 11.9 Å². The van der Waals surface area contributed by atoms with Crippen LogP contribution in [-0.2, 0) is 4.74 Å². The first-order chi connectivity index (χ1) is 8.56. The van der Waals surface area contributed by atoms with Crippen LogP contribution < -0.4 is 4.74 Å². The Labute approximate surface area is 109 Å². The van der Waals surface area contributed by atoms with Crippen molar-refractivity contribution in [3.05, 3.63) is 28.8 Å². The molecule has 1 aliphatic heterocycles. The maximum atomic E-state index is 10.5.